The van der Waals surface area contributed by atoms with Gasteiger partial charge in [-0.25, -0.2) is 4.79 Å². The lowest BCUT2D eigenvalue weighted by molar-refractivity contribution is 0.251. The molecule has 2 aromatic carbocycles. The van der Waals surface area contributed by atoms with Crippen molar-refractivity contribution >= 4 is 23.3 Å². The van der Waals surface area contributed by atoms with Crippen LogP contribution in [0.15, 0.2) is 54.6 Å². The van der Waals surface area contributed by atoms with E-state index in [-0.39, 0.29) is 11.4 Å². The predicted molar refractivity (Wildman–Crippen MR) is 85.8 cm³/mol. The third-order valence-corrected chi connectivity index (χ3v) is 4.28. The Labute approximate surface area is 129 Å². The van der Waals surface area contributed by atoms with E-state index in [1.807, 2.05) is 30.3 Å². The van der Waals surface area contributed by atoms with Gasteiger partial charge < -0.3 is 10.6 Å². The molecule has 0 bridgehead atoms. The summed E-state index contributed by atoms with van der Waals surface area (Å²) in [7, 11) is 0. The molecule has 2 N–H and O–H groups in total. The lowest BCUT2D eigenvalue weighted by Gasteiger charge is -2.17. The minimum Gasteiger partial charge on any atom is -0.337 e. The summed E-state index contributed by atoms with van der Waals surface area (Å²) in [6.07, 6.45) is 2.23. The van der Waals surface area contributed by atoms with Crippen molar-refractivity contribution in [2.45, 2.75) is 18.3 Å². The zero-order valence-electron chi connectivity index (χ0n) is 11.6. The van der Waals surface area contributed by atoms with Gasteiger partial charge in [-0.3, -0.25) is 0 Å². The molecule has 0 saturated heterocycles. The van der Waals surface area contributed by atoms with E-state index in [1.54, 1.807) is 12.1 Å². The quantitative estimate of drug-likeness (QED) is 0.873. The van der Waals surface area contributed by atoms with E-state index in [0.717, 1.165) is 12.8 Å². The molecular weight excluding hydrogens is 284 g/mol. The Balaban J connectivity index is 1.58. The SMILES string of the molecule is O=C(NCC1(c2ccccc2)CC1)Nc1ccccc1Cl. The fourth-order valence-corrected chi connectivity index (χ4v) is 2.67. The first-order chi connectivity index (χ1) is 10.2. The molecule has 1 fully saturated rings. The highest BCUT2D eigenvalue weighted by Crippen LogP contribution is 2.47. The Morgan fingerprint density at radius 2 is 1.71 bits per heavy atom. The van der Waals surface area contributed by atoms with Crippen LogP contribution in [0, 0.1) is 0 Å². The summed E-state index contributed by atoms with van der Waals surface area (Å²) in [5.41, 5.74) is 2.03. The number of hydrogen-bond donors (Lipinski definition) is 2. The standard InChI is InChI=1S/C17H17ClN2O/c18-14-8-4-5-9-15(14)20-16(21)19-12-17(10-11-17)13-6-2-1-3-7-13/h1-9H,10-12H2,(H2,19,20,21). The lowest BCUT2D eigenvalue weighted by Crippen LogP contribution is -2.35. The van der Waals surface area contributed by atoms with Crippen LogP contribution in [-0.2, 0) is 5.41 Å². The molecule has 0 spiro atoms. The van der Waals surface area contributed by atoms with Gasteiger partial charge in [0.1, 0.15) is 0 Å². The minimum absolute atomic E-state index is 0.110. The highest BCUT2D eigenvalue weighted by Gasteiger charge is 2.44. The number of benzene rings is 2. The minimum atomic E-state index is -0.217. The van der Waals surface area contributed by atoms with E-state index in [0.29, 0.717) is 17.3 Å². The van der Waals surface area contributed by atoms with Crippen LogP contribution in [0.4, 0.5) is 10.5 Å². The number of nitrogens with one attached hydrogen (secondary N) is 2. The maximum atomic E-state index is 12.0. The lowest BCUT2D eigenvalue weighted by atomic mass is 9.96. The average molecular weight is 301 g/mol. The topological polar surface area (TPSA) is 41.1 Å². The summed E-state index contributed by atoms with van der Waals surface area (Å²) >= 11 is 6.02. The van der Waals surface area contributed by atoms with Crippen molar-refractivity contribution < 1.29 is 4.79 Å². The smallest absolute Gasteiger partial charge is 0.319 e. The highest BCUT2D eigenvalue weighted by molar-refractivity contribution is 6.33. The number of carbonyl (C=O) groups excluding carboxylic acids is 1. The van der Waals surface area contributed by atoms with Gasteiger partial charge in [-0.05, 0) is 30.5 Å². The molecule has 3 rings (SSSR count). The maximum absolute atomic E-state index is 12.0. The Bertz CT molecular complexity index is 638. The van der Waals surface area contributed by atoms with Crippen LogP contribution in [0.25, 0.3) is 0 Å². The molecule has 2 amide bonds. The van der Waals surface area contributed by atoms with Crippen LogP contribution in [0.2, 0.25) is 5.02 Å². The number of rotatable bonds is 4. The van der Waals surface area contributed by atoms with Gasteiger partial charge in [-0.2, -0.15) is 0 Å². The van der Waals surface area contributed by atoms with Crippen LogP contribution in [-0.4, -0.2) is 12.6 Å². The molecule has 108 valence electrons. The summed E-state index contributed by atoms with van der Waals surface area (Å²) in [5.74, 6) is 0. The number of halogens is 1. The Hall–Kier alpha value is -2.00. The van der Waals surface area contributed by atoms with E-state index in [4.69, 9.17) is 11.6 Å². The number of amides is 2. The van der Waals surface area contributed by atoms with Gasteiger partial charge in [-0.15, -0.1) is 0 Å². The second-order valence-corrected chi connectivity index (χ2v) is 5.84. The molecule has 0 unspecified atom stereocenters. The first-order valence-corrected chi connectivity index (χ1v) is 7.42. The van der Waals surface area contributed by atoms with E-state index in [2.05, 4.69) is 22.8 Å². The van der Waals surface area contributed by atoms with E-state index >= 15 is 0 Å². The first-order valence-electron chi connectivity index (χ1n) is 7.05. The largest absolute Gasteiger partial charge is 0.337 e. The molecular formula is C17H17ClN2O. The monoisotopic (exact) mass is 300 g/mol. The predicted octanol–water partition coefficient (Wildman–Crippen LogP) is 4.19. The zero-order valence-corrected chi connectivity index (χ0v) is 12.4. The summed E-state index contributed by atoms with van der Waals surface area (Å²) in [6, 6.07) is 17.3. The molecule has 2 aromatic rings. The second-order valence-electron chi connectivity index (χ2n) is 5.43. The van der Waals surface area contributed by atoms with Crippen LogP contribution in [0.1, 0.15) is 18.4 Å². The fourth-order valence-electron chi connectivity index (χ4n) is 2.49. The van der Waals surface area contributed by atoms with Gasteiger partial charge in [0.05, 0.1) is 10.7 Å². The van der Waals surface area contributed by atoms with Crippen molar-refractivity contribution in [2.24, 2.45) is 0 Å². The summed E-state index contributed by atoms with van der Waals surface area (Å²) in [6.45, 7) is 0.646. The molecule has 0 radical (unpaired) electrons. The van der Waals surface area contributed by atoms with Crippen molar-refractivity contribution in [3.8, 4) is 0 Å². The average Bonchev–Trinajstić information content (AvgIpc) is 3.30. The number of urea groups is 1. The summed E-state index contributed by atoms with van der Waals surface area (Å²) in [5, 5.41) is 6.27. The molecule has 1 saturated carbocycles. The third kappa shape index (κ3) is 3.19. The molecule has 3 nitrogen and oxygen atoms in total. The molecule has 0 heterocycles. The summed E-state index contributed by atoms with van der Waals surface area (Å²) in [4.78, 5) is 12.0. The molecule has 21 heavy (non-hydrogen) atoms. The van der Waals surface area contributed by atoms with Crippen molar-refractivity contribution in [1.82, 2.24) is 5.32 Å². The molecule has 0 aliphatic heterocycles. The normalized spacial score (nSPS) is 15.3. The van der Waals surface area contributed by atoms with Crippen LogP contribution < -0.4 is 10.6 Å². The zero-order chi connectivity index (χ0) is 14.7. The Kier molecular flexibility index (Phi) is 3.84. The van der Waals surface area contributed by atoms with Crippen LogP contribution >= 0.6 is 11.6 Å². The van der Waals surface area contributed by atoms with Gasteiger partial charge in [0, 0.05) is 12.0 Å². The van der Waals surface area contributed by atoms with Gasteiger partial charge in [-0.1, -0.05) is 54.1 Å². The molecule has 4 heteroatoms. The highest BCUT2D eigenvalue weighted by atomic mass is 35.5. The number of para-hydroxylation sites is 1. The van der Waals surface area contributed by atoms with Gasteiger partial charge in [0.25, 0.3) is 0 Å². The van der Waals surface area contributed by atoms with Crippen molar-refractivity contribution in [3.63, 3.8) is 0 Å². The van der Waals surface area contributed by atoms with Crippen LogP contribution in [0.3, 0.4) is 0 Å². The maximum Gasteiger partial charge on any atom is 0.319 e. The van der Waals surface area contributed by atoms with Crippen molar-refractivity contribution in [3.05, 3.63) is 65.2 Å². The fraction of sp³-hybridized carbons (Fsp3) is 0.235. The first kappa shape index (κ1) is 14.0. The molecule has 1 aliphatic carbocycles. The second kappa shape index (κ2) is 5.78. The van der Waals surface area contributed by atoms with Crippen molar-refractivity contribution in [1.29, 1.82) is 0 Å². The molecule has 1 aliphatic rings. The van der Waals surface area contributed by atoms with Gasteiger partial charge in [0.15, 0.2) is 0 Å². The van der Waals surface area contributed by atoms with E-state index < -0.39 is 0 Å². The Morgan fingerprint density at radius 1 is 1.05 bits per heavy atom. The van der Waals surface area contributed by atoms with E-state index in [9.17, 15) is 4.79 Å². The molecule has 0 atom stereocenters. The van der Waals surface area contributed by atoms with Gasteiger partial charge in [0.2, 0.25) is 0 Å². The van der Waals surface area contributed by atoms with Gasteiger partial charge >= 0.3 is 6.03 Å². The van der Waals surface area contributed by atoms with Crippen molar-refractivity contribution in [2.75, 3.05) is 11.9 Å². The van der Waals surface area contributed by atoms with E-state index in [1.165, 1.54) is 5.56 Å². The third-order valence-electron chi connectivity index (χ3n) is 3.95. The number of carbonyl (C=O) groups is 1. The molecule has 0 aromatic heterocycles. The summed E-state index contributed by atoms with van der Waals surface area (Å²) < 4.78 is 0. The number of anilines is 1. The van der Waals surface area contributed by atoms with Crippen LogP contribution in [0.5, 0.6) is 0 Å². The Morgan fingerprint density at radius 3 is 2.38 bits per heavy atom. The number of hydrogen-bond acceptors (Lipinski definition) is 1.